The van der Waals surface area contributed by atoms with E-state index >= 15 is 0 Å². The predicted molar refractivity (Wildman–Crippen MR) is 102 cm³/mol. The number of amides is 2. The minimum absolute atomic E-state index is 0.237. The van der Waals surface area contributed by atoms with Crippen molar-refractivity contribution >= 4 is 41.2 Å². The maximum Gasteiger partial charge on any atom is 0.259 e. The summed E-state index contributed by atoms with van der Waals surface area (Å²) in [6, 6.07) is 9.72. The normalized spacial score (nSPS) is 12.7. The Morgan fingerprint density at radius 1 is 1.07 bits per heavy atom. The number of hydrazone groups is 1. The van der Waals surface area contributed by atoms with Gasteiger partial charge >= 0.3 is 0 Å². The van der Waals surface area contributed by atoms with Crippen molar-refractivity contribution < 1.29 is 19.1 Å². The molecule has 2 N–H and O–H groups in total. The quantitative estimate of drug-likeness (QED) is 0.588. The van der Waals surface area contributed by atoms with Crippen LogP contribution in [0.25, 0.3) is 0 Å². The molecule has 1 heterocycles. The third-order valence-corrected chi connectivity index (χ3v) is 4.13. The second kappa shape index (κ2) is 8.75. The smallest absolute Gasteiger partial charge is 0.259 e. The van der Waals surface area contributed by atoms with Gasteiger partial charge in [0.25, 0.3) is 11.8 Å². The van der Waals surface area contributed by atoms with Crippen LogP contribution in [-0.4, -0.2) is 37.8 Å². The number of nitrogens with one attached hydrogen (secondary N) is 2. The number of benzene rings is 2. The molecular formula is C18H15Cl2N3O4. The Morgan fingerprint density at radius 3 is 2.63 bits per heavy atom. The Hall–Kier alpha value is -2.77. The molecular weight excluding hydrogens is 393 g/mol. The molecule has 3 rings (SSSR count). The summed E-state index contributed by atoms with van der Waals surface area (Å²) in [5.74, 6) is 0.197. The van der Waals surface area contributed by atoms with Gasteiger partial charge < -0.3 is 14.8 Å². The van der Waals surface area contributed by atoms with E-state index in [0.29, 0.717) is 45.9 Å². The number of halogens is 2. The highest BCUT2D eigenvalue weighted by Crippen LogP contribution is 2.30. The summed E-state index contributed by atoms with van der Waals surface area (Å²) in [4.78, 5) is 24.0. The summed E-state index contributed by atoms with van der Waals surface area (Å²) in [7, 11) is 0. The molecule has 0 radical (unpaired) electrons. The number of carbonyl (C=O) groups excluding carboxylic acids is 2. The van der Waals surface area contributed by atoms with Crippen LogP contribution in [0.3, 0.4) is 0 Å². The average Bonchev–Trinajstić information content (AvgIpc) is 2.67. The van der Waals surface area contributed by atoms with Crippen LogP contribution in [0, 0.1) is 0 Å². The molecule has 2 aromatic rings. The first-order chi connectivity index (χ1) is 13.0. The lowest BCUT2D eigenvalue weighted by molar-refractivity contribution is -0.120. The largest absolute Gasteiger partial charge is 0.486 e. The van der Waals surface area contributed by atoms with Gasteiger partial charge in [0.05, 0.1) is 17.8 Å². The number of nitrogens with zero attached hydrogens (tertiary/aromatic N) is 1. The monoisotopic (exact) mass is 407 g/mol. The molecule has 0 fully saturated rings. The van der Waals surface area contributed by atoms with Gasteiger partial charge in [-0.05, 0) is 30.3 Å². The van der Waals surface area contributed by atoms with Gasteiger partial charge in [0, 0.05) is 16.1 Å². The minimum atomic E-state index is -0.484. The first kappa shape index (κ1) is 19.0. The molecule has 1 aliphatic heterocycles. The van der Waals surface area contributed by atoms with E-state index in [1.807, 2.05) is 0 Å². The second-order valence-electron chi connectivity index (χ2n) is 5.50. The van der Waals surface area contributed by atoms with Crippen LogP contribution in [0.15, 0.2) is 41.5 Å². The third-order valence-electron chi connectivity index (χ3n) is 3.57. The predicted octanol–water partition coefficient (Wildman–Crippen LogP) is 2.64. The van der Waals surface area contributed by atoms with Gasteiger partial charge in [0.1, 0.15) is 13.2 Å². The summed E-state index contributed by atoms with van der Waals surface area (Å²) in [5, 5.41) is 7.22. The highest BCUT2D eigenvalue weighted by molar-refractivity contribution is 6.36. The number of rotatable bonds is 5. The molecule has 2 amide bonds. The lowest BCUT2D eigenvalue weighted by atomic mass is 10.2. The summed E-state index contributed by atoms with van der Waals surface area (Å²) in [6.45, 7) is 0.662. The minimum Gasteiger partial charge on any atom is -0.486 e. The van der Waals surface area contributed by atoms with Crippen LogP contribution >= 0.6 is 23.2 Å². The van der Waals surface area contributed by atoms with E-state index in [1.165, 1.54) is 6.21 Å². The van der Waals surface area contributed by atoms with E-state index in [9.17, 15) is 9.59 Å². The Balaban J connectivity index is 1.50. The zero-order chi connectivity index (χ0) is 19.2. The summed E-state index contributed by atoms with van der Waals surface area (Å²) < 4.78 is 10.8. The van der Waals surface area contributed by atoms with E-state index < -0.39 is 11.8 Å². The van der Waals surface area contributed by atoms with Gasteiger partial charge in [-0.15, -0.1) is 0 Å². The second-order valence-corrected chi connectivity index (χ2v) is 6.34. The maximum absolute atomic E-state index is 12.2. The van der Waals surface area contributed by atoms with E-state index in [0.717, 1.165) is 0 Å². The molecule has 0 aliphatic carbocycles. The maximum atomic E-state index is 12.2. The molecule has 1 aliphatic rings. The van der Waals surface area contributed by atoms with Crippen molar-refractivity contribution in [1.29, 1.82) is 0 Å². The third kappa shape index (κ3) is 5.12. The Labute approximate surface area is 165 Å². The molecule has 27 heavy (non-hydrogen) atoms. The van der Waals surface area contributed by atoms with E-state index in [2.05, 4.69) is 15.8 Å². The zero-order valence-electron chi connectivity index (χ0n) is 14.0. The Bertz CT molecular complexity index is 902. The van der Waals surface area contributed by atoms with Crippen molar-refractivity contribution in [3.05, 3.63) is 57.6 Å². The van der Waals surface area contributed by atoms with Crippen molar-refractivity contribution in [3.63, 3.8) is 0 Å². The molecule has 140 valence electrons. The van der Waals surface area contributed by atoms with Crippen LogP contribution < -0.4 is 20.2 Å². The summed E-state index contributed by atoms with van der Waals surface area (Å²) >= 11 is 11.8. The van der Waals surface area contributed by atoms with Crippen LogP contribution in [0.1, 0.15) is 15.9 Å². The van der Waals surface area contributed by atoms with Crippen molar-refractivity contribution in [2.45, 2.75) is 0 Å². The standard InChI is InChI=1S/C18H15Cl2N3O4/c19-13-3-1-12(14(20)8-13)9-22-23-17(24)10-21-18(25)11-2-4-15-16(7-11)27-6-5-26-15/h1-4,7-9H,5-6,10H2,(H,21,25)(H,23,24)/b22-9+. The van der Waals surface area contributed by atoms with Gasteiger partial charge in [-0.2, -0.15) is 5.10 Å². The lowest BCUT2D eigenvalue weighted by Crippen LogP contribution is -2.35. The molecule has 0 unspecified atom stereocenters. The molecule has 0 saturated carbocycles. The van der Waals surface area contributed by atoms with E-state index in [1.54, 1.807) is 36.4 Å². The van der Waals surface area contributed by atoms with Crippen LogP contribution in [0.4, 0.5) is 0 Å². The molecule has 2 aromatic carbocycles. The highest BCUT2D eigenvalue weighted by Gasteiger charge is 2.15. The lowest BCUT2D eigenvalue weighted by Gasteiger charge is -2.18. The molecule has 7 nitrogen and oxygen atoms in total. The van der Waals surface area contributed by atoms with E-state index in [4.69, 9.17) is 32.7 Å². The molecule has 0 atom stereocenters. The zero-order valence-corrected chi connectivity index (χ0v) is 15.5. The SMILES string of the molecule is O=C(CNC(=O)c1ccc2c(c1)OCCO2)N/N=C/c1ccc(Cl)cc1Cl. The summed E-state index contributed by atoms with van der Waals surface area (Å²) in [6.07, 6.45) is 1.39. The topological polar surface area (TPSA) is 89.0 Å². The van der Waals surface area contributed by atoms with Crippen LogP contribution in [-0.2, 0) is 4.79 Å². The van der Waals surface area contributed by atoms with Gasteiger partial charge in [-0.1, -0.05) is 29.3 Å². The first-order valence-electron chi connectivity index (χ1n) is 7.98. The highest BCUT2D eigenvalue weighted by atomic mass is 35.5. The first-order valence-corrected chi connectivity index (χ1v) is 8.73. The Kier molecular flexibility index (Phi) is 6.16. The van der Waals surface area contributed by atoms with Crippen molar-refractivity contribution in [3.8, 4) is 11.5 Å². The van der Waals surface area contributed by atoms with Crippen LogP contribution in [0.5, 0.6) is 11.5 Å². The molecule has 0 spiro atoms. The fourth-order valence-corrected chi connectivity index (χ4v) is 2.72. The fourth-order valence-electron chi connectivity index (χ4n) is 2.27. The summed E-state index contributed by atoms with van der Waals surface area (Å²) in [5.41, 5.74) is 3.27. The molecule has 9 heteroatoms. The van der Waals surface area contributed by atoms with Crippen LogP contribution in [0.2, 0.25) is 10.0 Å². The van der Waals surface area contributed by atoms with Crippen molar-refractivity contribution in [1.82, 2.24) is 10.7 Å². The van der Waals surface area contributed by atoms with Gasteiger partial charge in [-0.25, -0.2) is 5.43 Å². The fraction of sp³-hybridized carbons (Fsp3) is 0.167. The van der Waals surface area contributed by atoms with Gasteiger partial charge in [-0.3, -0.25) is 9.59 Å². The number of hydrogen-bond acceptors (Lipinski definition) is 5. The molecule has 0 bridgehead atoms. The number of hydrogen-bond donors (Lipinski definition) is 2. The number of ether oxygens (including phenoxy) is 2. The Morgan fingerprint density at radius 2 is 1.85 bits per heavy atom. The number of fused-ring (bicyclic) bond motifs is 1. The number of carbonyl (C=O) groups is 2. The molecule has 0 saturated heterocycles. The van der Waals surface area contributed by atoms with Gasteiger partial charge in [0.2, 0.25) is 0 Å². The van der Waals surface area contributed by atoms with Gasteiger partial charge in [0.15, 0.2) is 11.5 Å². The van der Waals surface area contributed by atoms with E-state index in [-0.39, 0.29) is 6.54 Å². The average molecular weight is 408 g/mol. The van der Waals surface area contributed by atoms with Crippen molar-refractivity contribution in [2.24, 2.45) is 5.10 Å². The molecule has 0 aromatic heterocycles. The van der Waals surface area contributed by atoms with Crippen molar-refractivity contribution in [2.75, 3.05) is 19.8 Å².